The first-order chi connectivity index (χ1) is 14.6. The number of hydrogen-bond donors (Lipinski definition) is 1. The van der Waals surface area contributed by atoms with E-state index < -0.39 is 0 Å². The molecule has 2 heterocycles. The zero-order valence-corrected chi connectivity index (χ0v) is 17.1. The van der Waals surface area contributed by atoms with Crippen molar-refractivity contribution in [2.75, 3.05) is 0 Å². The van der Waals surface area contributed by atoms with E-state index in [4.69, 9.17) is 0 Å². The monoisotopic (exact) mass is 397 g/mol. The van der Waals surface area contributed by atoms with Crippen LogP contribution in [0.15, 0.2) is 73.2 Å². The number of carbonyl (C=O) groups excluding carboxylic acids is 2. The second kappa shape index (κ2) is 8.33. The Morgan fingerprint density at radius 3 is 2.53 bits per heavy atom. The predicted octanol–water partition coefficient (Wildman–Crippen LogP) is 4.99. The molecule has 30 heavy (non-hydrogen) atoms. The molecule has 0 atom stereocenters. The van der Waals surface area contributed by atoms with Crippen LogP contribution >= 0.6 is 0 Å². The standard InChI is InChI=1S/C25H23N3O2/c1-3-23(29)28-12-10-21-14-22(13-17(2)24(21)28)19-6-8-20(9-7-19)25(30)27-16-18-5-4-11-26-15-18/h4-15H,3,16H2,1-2H3,(H,27,30). The molecule has 0 unspecified atom stereocenters. The molecule has 2 aromatic carbocycles. The summed E-state index contributed by atoms with van der Waals surface area (Å²) in [6, 6.07) is 17.5. The number of rotatable bonds is 5. The molecule has 0 saturated heterocycles. The van der Waals surface area contributed by atoms with Crippen LogP contribution in [0.3, 0.4) is 0 Å². The van der Waals surface area contributed by atoms with Crippen LogP contribution in [0.5, 0.6) is 0 Å². The molecule has 0 radical (unpaired) electrons. The van der Waals surface area contributed by atoms with Gasteiger partial charge in [0.25, 0.3) is 5.91 Å². The fraction of sp³-hybridized carbons (Fsp3) is 0.160. The van der Waals surface area contributed by atoms with Crippen LogP contribution in [-0.2, 0) is 6.54 Å². The van der Waals surface area contributed by atoms with Gasteiger partial charge >= 0.3 is 0 Å². The van der Waals surface area contributed by atoms with Crippen molar-refractivity contribution in [1.82, 2.24) is 14.9 Å². The van der Waals surface area contributed by atoms with Crippen LogP contribution in [0.2, 0.25) is 0 Å². The average Bonchev–Trinajstić information content (AvgIpc) is 3.22. The summed E-state index contributed by atoms with van der Waals surface area (Å²) >= 11 is 0. The molecule has 2 aromatic heterocycles. The van der Waals surface area contributed by atoms with Gasteiger partial charge in [-0.15, -0.1) is 0 Å². The van der Waals surface area contributed by atoms with Crippen molar-refractivity contribution in [3.63, 3.8) is 0 Å². The highest BCUT2D eigenvalue weighted by Crippen LogP contribution is 2.29. The minimum Gasteiger partial charge on any atom is -0.348 e. The van der Waals surface area contributed by atoms with Crippen molar-refractivity contribution < 1.29 is 9.59 Å². The predicted molar refractivity (Wildman–Crippen MR) is 118 cm³/mol. The van der Waals surface area contributed by atoms with E-state index in [-0.39, 0.29) is 11.8 Å². The maximum Gasteiger partial charge on any atom is 0.251 e. The van der Waals surface area contributed by atoms with Gasteiger partial charge in [-0.05, 0) is 65.6 Å². The molecular formula is C25H23N3O2. The highest BCUT2D eigenvalue weighted by molar-refractivity contribution is 5.97. The van der Waals surface area contributed by atoms with Crippen molar-refractivity contribution in [3.05, 3.63) is 89.9 Å². The summed E-state index contributed by atoms with van der Waals surface area (Å²) < 4.78 is 1.73. The number of benzene rings is 2. The van der Waals surface area contributed by atoms with Crippen LogP contribution in [0.4, 0.5) is 0 Å². The summed E-state index contributed by atoms with van der Waals surface area (Å²) in [7, 11) is 0. The Balaban J connectivity index is 1.54. The van der Waals surface area contributed by atoms with Crippen molar-refractivity contribution in [2.45, 2.75) is 26.8 Å². The Morgan fingerprint density at radius 2 is 1.83 bits per heavy atom. The van der Waals surface area contributed by atoms with Gasteiger partial charge in [0.15, 0.2) is 0 Å². The Hall–Kier alpha value is -3.73. The van der Waals surface area contributed by atoms with E-state index in [1.54, 1.807) is 17.0 Å². The van der Waals surface area contributed by atoms with Gasteiger partial charge < -0.3 is 5.32 Å². The molecule has 0 aliphatic heterocycles. The number of carbonyl (C=O) groups is 2. The fourth-order valence-electron chi connectivity index (χ4n) is 3.64. The Labute approximate surface area is 175 Å². The number of aryl methyl sites for hydroxylation is 1. The highest BCUT2D eigenvalue weighted by Gasteiger charge is 2.12. The third kappa shape index (κ3) is 3.87. The van der Waals surface area contributed by atoms with E-state index in [2.05, 4.69) is 22.4 Å². The van der Waals surface area contributed by atoms with Crippen molar-refractivity contribution in [1.29, 1.82) is 0 Å². The van der Waals surface area contributed by atoms with Crippen LogP contribution in [0.25, 0.3) is 22.0 Å². The smallest absolute Gasteiger partial charge is 0.251 e. The normalized spacial score (nSPS) is 10.9. The molecule has 150 valence electrons. The summed E-state index contributed by atoms with van der Waals surface area (Å²) in [5.41, 5.74) is 5.66. The van der Waals surface area contributed by atoms with Gasteiger partial charge in [-0.3, -0.25) is 19.1 Å². The molecule has 1 amide bonds. The molecule has 1 N–H and O–H groups in total. The van der Waals surface area contributed by atoms with Gasteiger partial charge in [-0.1, -0.05) is 25.1 Å². The molecular weight excluding hydrogens is 374 g/mol. The van der Waals surface area contributed by atoms with Gasteiger partial charge in [0.05, 0.1) is 5.52 Å². The topological polar surface area (TPSA) is 64.0 Å². The summed E-state index contributed by atoms with van der Waals surface area (Å²) in [6.45, 7) is 4.33. The van der Waals surface area contributed by atoms with Gasteiger partial charge in [-0.25, -0.2) is 0 Å². The SMILES string of the molecule is CCC(=O)n1ccc2cc(-c3ccc(C(=O)NCc4cccnc4)cc3)cc(C)c21. The number of aromatic nitrogens is 2. The van der Waals surface area contributed by atoms with Crippen LogP contribution in [0.1, 0.15) is 39.6 Å². The van der Waals surface area contributed by atoms with E-state index in [1.165, 1.54) is 0 Å². The number of hydrogen-bond acceptors (Lipinski definition) is 3. The molecule has 0 spiro atoms. The lowest BCUT2D eigenvalue weighted by Gasteiger charge is -2.09. The Morgan fingerprint density at radius 1 is 1.03 bits per heavy atom. The first-order valence-corrected chi connectivity index (χ1v) is 9.99. The molecule has 0 fully saturated rings. The second-order valence-electron chi connectivity index (χ2n) is 7.29. The lowest BCUT2D eigenvalue weighted by atomic mass is 9.99. The van der Waals surface area contributed by atoms with E-state index >= 15 is 0 Å². The molecule has 4 rings (SSSR count). The van der Waals surface area contributed by atoms with Crippen LogP contribution in [0, 0.1) is 6.92 Å². The van der Waals surface area contributed by atoms with Crippen LogP contribution in [-0.4, -0.2) is 21.4 Å². The minimum absolute atomic E-state index is 0.0856. The maximum atomic E-state index is 12.4. The van der Waals surface area contributed by atoms with E-state index in [1.807, 2.05) is 62.5 Å². The first kappa shape index (κ1) is 19.6. The van der Waals surface area contributed by atoms with Crippen molar-refractivity contribution >= 4 is 22.7 Å². The first-order valence-electron chi connectivity index (χ1n) is 9.99. The zero-order valence-electron chi connectivity index (χ0n) is 17.1. The summed E-state index contributed by atoms with van der Waals surface area (Å²) in [6.07, 6.45) is 5.75. The molecule has 4 aromatic rings. The fourth-order valence-corrected chi connectivity index (χ4v) is 3.64. The van der Waals surface area contributed by atoms with E-state index in [0.717, 1.165) is 33.2 Å². The number of pyridine rings is 1. The Bertz CT molecular complexity index is 1210. The molecule has 0 saturated carbocycles. The van der Waals surface area contributed by atoms with Crippen LogP contribution < -0.4 is 5.32 Å². The number of amides is 1. The highest BCUT2D eigenvalue weighted by atomic mass is 16.2. The van der Waals surface area contributed by atoms with E-state index in [9.17, 15) is 9.59 Å². The molecule has 0 bridgehead atoms. The summed E-state index contributed by atoms with van der Waals surface area (Å²) in [5, 5.41) is 3.95. The largest absolute Gasteiger partial charge is 0.348 e. The van der Waals surface area contributed by atoms with E-state index in [0.29, 0.717) is 18.5 Å². The lowest BCUT2D eigenvalue weighted by Crippen LogP contribution is -2.22. The summed E-state index contributed by atoms with van der Waals surface area (Å²) in [5.74, 6) is -0.0327. The maximum absolute atomic E-state index is 12.4. The minimum atomic E-state index is -0.118. The molecule has 0 aliphatic rings. The van der Waals surface area contributed by atoms with Crippen molar-refractivity contribution in [2.24, 2.45) is 0 Å². The number of nitrogens with one attached hydrogen (secondary N) is 1. The number of nitrogens with zero attached hydrogens (tertiary/aromatic N) is 2. The molecule has 0 aliphatic carbocycles. The van der Waals surface area contributed by atoms with Gasteiger partial charge in [0, 0.05) is 42.5 Å². The van der Waals surface area contributed by atoms with Gasteiger partial charge in [0.1, 0.15) is 0 Å². The third-order valence-electron chi connectivity index (χ3n) is 5.20. The third-order valence-corrected chi connectivity index (χ3v) is 5.20. The zero-order chi connectivity index (χ0) is 21.1. The number of fused-ring (bicyclic) bond motifs is 1. The molecule has 5 heteroatoms. The average molecular weight is 397 g/mol. The second-order valence-corrected chi connectivity index (χ2v) is 7.29. The van der Waals surface area contributed by atoms with Crippen molar-refractivity contribution in [3.8, 4) is 11.1 Å². The molecule has 5 nitrogen and oxygen atoms in total. The lowest BCUT2D eigenvalue weighted by molar-refractivity contribution is 0.0912. The van der Waals surface area contributed by atoms with Gasteiger partial charge in [0.2, 0.25) is 5.91 Å². The summed E-state index contributed by atoms with van der Waals surface area (Å²) in [4.78, 5) is 28.6. The quantitative estimate of drug-likeness (QED) is 0.516. The van der Waals surface area contributed by atoms with Gasteiger partial charge in [-0.2, -0.15) is 0 Å². The Kier molecular flexibility index (Phi) is 5.44.